The lowest BCUT2D eigenvalue weighted by molar-refractivity contribution is 0.766. The van der Waals surface area contributed by atoms with E-state index in [1.165, 1.54) is 0 Å². The maximum atomic E-state index is 5.83. The number of aryl methyl sites for hydroxylation is 1. The summed E-state index contributed by atoms with van der Waals surface area (Å²) in [6, 6.07) is 10.2. The summed E-state index contributed by atoms with van der Waals surface area (Å²) in [4.78, 5) is 5.77. The van der Waals surface area contributed by atoms with Crippen molar-refractivity contribution in [3.05, 3.63) is 48.3 Å². The Bertz CT molecular complexity index is 720. The summed E-state index contributed by atoms with van der Waals surface area (Å²) >= 11 is 1.60. The third-order valence-electron chi connectivity index (χ3n) is 2.88. The average Bonchev–Trinajstić information content (AvgIpc) is 2.83. The normalized spacial score (nSPS) is 11.1. The first-order valence-electron chi connectivity index (χ1n) is 6.01. The summed E-state index contributed by atoms with van der Waals surface area (Å²) in [6.45, 7) is 0.487. The van der Waals surface area contributed by atoms with Crippen molar-refractivity contribution < 1.29 is 0 Å². The maximum absolute atomic E-state index is 5.83. The van der Waals surface area contributed by atoms with Crippen LogP contribution in [0.2, 0.25) is 0 Å². The summed E-state index contributed by atoms with van der Waals surface area (Å²) in [5.41, 5.74) is 7.88. The van der Waals surface area contributed by atoms with E-state index in [-0.39, 0.29) is 0 Å². The van der Waals surface area contributed by atoms with Crippen LogP contribution in [0.5, 0.6) is 0 Å². The molecule has 0 unspecified atom stereocenters. The molecule has 3 aromatic rings. The van der Waals surface area contributed by atoms with Gasteiger partial charge in [-0.2, -0.15) is 5.10 Å². The van der Waals surface area contributed by atoms with E-state index in [0.717, 1.165) is 26.4 Å². The third kappa shape index (κ3) is 2.47. The Morgan fingerprint density at radius 2 is 2.16 bits per heavy atom. The molecule has 0 aliphatic carbocycles. The van der Waals surface area contributed by atoms with Crippen LogP contribution in [0.25, 0.3) is 10.9 Å². The monoisotopic (exact) mass is 270 g/mol. The van der Waals surface area contributed by atoms with Crippen LogP contribution in [-0.2, 0) is 13.6 Å². The number of fused-ring (bicyclic) bond motifs is 1. The summed E-state index contributed by atoms with van der Waals surface area (Å²) < 4.78 is 1.78. The van der Waals surface area contributed by atoms with Gasteiger partial charge in [-0.15, -0.1) is 0 Å². The van der Waals surface area contributed by atoms with Gasteiger partial charge in [0, 0.05) is 25.2 Å². The zero-order chi connectivity index (χ0) is 13.2. The summed E-state index contributed by atoms with van der Waals surface area (Å²) in [5, 5.41) is 6.24. The standard InChI is InChI=1S/C14H14N4S/c1-18-9-12(8-16-18)19-14-11(7-15)6-10-4-2-3-5-13(10)17-14/h2-6,8-9H,7,15H2,1H3. The van der Waals surface area contributed by atoms with Crippen LogP contribution in [-0.4, -0.2) is 14.8 Å². The molecule has 0 aliphatic heterocycles. The largest absolute Gasteiger partial charge is 0.326 e. The van der Waals surface area contributed by atoms with Crippen LogP contribution in [0.1, 0.15) is 5.56 Å². The predicted octanol–water partition coefficient (Wildman–Crippen LogP) is 2.58. The lowest BCUT2D eigenvalue weighted by Crippen LogP contribution is -2.00. The van der Waals surface area contributed by atoms with E-state index in [0.29, 0.717) is 6.54 Å². The fourth-order valence-corrected chi connectivity index (χ4v) is 2.89. The number of para-hydroxylation sites is 1. The first kappa shape index (κ1) is 12.2. The van der Waals surface area contributed by atoms with Gasteiger partial charge in [0.1, 0.15) is 5.03 Å². The average molecular weight is 270 g/mol. The highest BCUT2D eigenvalue weighted by atomic mass is 32.2. The Kier molecular flexibility index (Phi) is 3.23. The van der Waals surface area contributed by atoms with E-state index in [2.05, 4.69) is 17.2 Å². The van der Waals surface area contributed by atoms with Gasteiger partial charge in [0.25, 0.3) is 0 Å². The number of benzene rings is 1. The zero-order valence-corrected chi connectivity index (χ0v) is 11.4. The Hall–Kier alpha value is -1.85. The molecule has 2 heterocycles. The molecule has 5 heteroatoms. The molecular formula is C14H14N4S. The molecule has 0 amide bonds. The number of hydrogen-bond acceptors (Lipinski definition) is 4. The van der Waals surface area contributed by atoms with Gasteiger partial charge in [-0.3, -0.25) is 4.68 Å². The van der Waals surface area contributed by atoms with Gasteiger partial charge < -0.3 is 5.73 Å². The van der Waals surface area contributed by atoms with Crippen LogP contribution < -0.4 is 5.73 Å². The molecule has 4 nitrogen and oxygen atoms in total. The van der Waals surface area contributed by atoms with Crippen molar-refractivity contribution in [2.75, 3.05) is 0 Å². The van der Waals surface area contributed by atoms with Crippen molar-refractivity contribution in [1.29, 1.82) is 0 Å². The SMILES string of the molecule is Cn1cc(Sc2nc3ccccc3cc2CN)cn1. The molecule has 1 aromatic carbocycles. The van der Waals surface area contributed by atoms with E-state index >= 15 is 0 Å². The fraction of sp³-hybridized carbons (Fsp3) is 0.143. The van der Waals surface area contributed by atoms with E-state index in [9.17, 15) is 0 Å². The molecule has 0 saturated heterocycles. The molecule has 96 valence electrons. The first-order valence-corrected chi connectivity index (χ1v) is 6.83. The van der Waals surface area contributed by atoms with Gasteiger partial charge in [0.2, 0.25) is 0 Å². The third-order valence-corrected chi connectivity index (χ3v) is 3.87. The Morgan fingerprint density at radius 1 is 1.32 bits per heavy atom. The highest BCUT2D eigenvalue weighted by Gasteiger charge is 2.08. The van der Waals surface area contributed by atoms with Crippen molar-refractivity contribution >= 4 is 22.7 Å². The molecule has 2 aromatic heterocycles. The number of nitrogens with zero attached hydrogens (tertiary/aromatic N) is 3. The molecule has 0 atom stereocenters. The van der Waals surface area contributed by atoms with Crippen LogP contribution >= 0.6 is 11.8 Å². The number of hydrogen-bond donors (Lipinski definition) is 1. The molecule has 0 spiro atoms. The quantitative estimate of drug-likeness (QED) is 0.794. The molecule has 0 aliphatic rings. The minimum absolute atomic E-state index is 0.487. The molecule has 2 N–H and O–H groups in total. The van der Waals surface area contributed by atoms with Gasteiger partial charge in [0.05, 0.1) is 16.6 Å². The van der Waals surface area contributed by atoms with E-state index in [4.69, 9.17) is 10.7 Å². The van der Waals surface area contributed by atoms with E-state index in [1.54, 1.807) is 16.4 Å². The minimum Gasteiger partial charge on any atom is -0.326 e. The lowest BCUT2D eigenvalue weighted by Gasteiger charge is -2.07. The number of nitrogens with two attached hydrogens (primary N) is 1. The van der Waals surface area contributed by atoms with Crippen LogP contribution in [0.15, 0.2) is 52.6 Å². The van der Waals surface area contributed by atoms with E-state index in [1.807, 2.05) is 37.6 Å². The number of aromatic nitrogens is 3. The number of pyridine rings is 1. The molecule has 3 rings (SSSR count). The Balaban J connectivity index is 2.05. The van der Waals surface area contributed by atoms with Crippen LogP contribution in [0.4, 0.5) is 0 Å². The van der Waals surface area contributed by atoms with Crippen molar-refractivity contribution in [2.45, 2.75) is 16.5 Å². The van der Waals surface area contributed by atoms with Crippen molar-refractivity contribution in [1.82, 2.24) is 14.8 Å². The predicted molar refractivity (Wildman–Crippen MR) is 77.0 cm³/mol. The molecule has 0 radical (unpaired) electrons. The smallest absolute Gasteiger partial charge is 0.106 e. The van der Waals surface area contributed by atoms with Crippen LogP contribution in [0, 0.1) is 0 Å². The second-order valence-corrected chi connectivity index (χ2v) is 5.36. The molecular weight excluding hydrogens is 256 g/mol. The Morgan fingerprint density at radius 3 is 2.89 bits per heavy atom. The highest BCUT2D eigenvalue weighted by molar-refractivity contribution is 7.99. The van der Waals surface area contributed by atoms with Gasteiger partial charge in [-0.25, -0.2) is 4.98 Å². The van der Waals surface area contributed by atoms with Crippen molar-refractivity contribution in [2.24, 2.45) is 12.8 Å². The second-order valence-electron chi connectivity index (χ2n) is 4.30. The fourth-order valence-electron chi connectivity index (χ4n) is 1.94. The summed E-state index contributed by atoms with van der Waals surface area (Å²) in [6.07, 6.45) is 3.81. The van der Waals surface area contributed by atoms with Gasteiger partial charge in [0.15, 0.2) is 0 Å². The molecule has 19 heavy (non-hydrogen) atoms. The van der Waals surface area contributed by atoms with Crippen LogP contribution in [0.3, 0.4) is 0 Å². The Labute approximate surface area is 115 Å². The maximum Gasteiger partial charge on any atom is 0.106 e. The summed E-state index contributed by atoms with van der Waals surface area (Å²) in [5.74, 6) is 0. The molecule has 0 fully saturated rings. The lowest BCUT2D eigenvalue weighted by atomic mass is 10.1. The van der Waals surface area contributed by atoms with Gasteiger partial charge in [-0.05, 0) is 17.7 Å². The van der Waals surface area contributed by atoms with Crippen molar-refractivity contribution in [3.63, 3.8) is 0 Å². The topological polar surface area (TPSA) is 56.7 Å². The van der Waals surface area contributed by atoms with E-state index < -0.39 is 0 Å². The minimum atomic E-state index is 0.487. The first-order chi connectivity index (χ1) is 9.26. The van der Waals surface area contributed by atoms with Gasteiger partial charge >= 0.3 is 0 Å². The highest BCUT2D eigenvalue weighted by Crippen LogP contribution is 2.30. The molecule has 0 bridgehead atoms. The molecule has 0 saturated carbocycles. The summed E-state index contributed by atoms with van der Waals surface area (Å²) in [7, 11) is 1.90. The van der Waals surface area contributed by atoms with Gasteiger partial charge in [-0.1, -0.05) is 30.0 Å². The second kappa shape index (κ2) is 5.03. The van der Waals surface area contributed by atoms with Crippen molar-refractivity contribution in [3.8, 4) is 0 Å². The zero-order valence-electron chi connectivity index (χ0n) is 10.6. The number of rotatable bonds is 3.